The maximum Gasteiger partial charge on any atom is 0.185 e. The zero-order valence-corrected chi connectivity index (χ0v) is 15.4. The highest BCUT2D eigenvalue weighted by atomic mass is 32.1. The van der Waals surface area contributed by atoms with Gasteiger partial charge in [0.05, 0.1) is 18.3 Å². The number of anilines is 1. The molecule has 0 saturated carbocycles. The maximum atomic E-state index is 5.25. The summed E-state index contributed by atoms with van der Waals surface area (Å²) in [4.78, 5) is 8.43. The maximum absolute atomic E-state index is 5.25. The highest BCUT2D eigenvalue weighted by Gasteiger charge is 2.18. The highest BCUT2D eigenvalue weighted by Crippen LogP contribution is 2.28. The number of aromatic nitrogens is 1. The van der Waals surface area contributed by atoms with Gasteiger partial charge in [0.25, 0.3) is 0 Å². The lowest BCUT2D eigenvalue weighted by molar-refractivity contribution is 0.183. The van der Waals surface area contributed by atoms with Crippen LogP contribution in [0.15, 0.2) is 0 Å². The van der Waals surface area contributed by atoms with Crippen LogP contribution in [0.25, 0.3) is 0 Å². The van der Waals surface area contributed by atoms with Gasteiger partial charge < -0.3 is 15.0 Å². The number of hydrogen-bond acceptors (Lipinski definition) is 5. The first-order valence-electron chi connectivity index (χ1n) is 7.73. The van der Waals surface area contributed by atoms with Gasteiger partial charge >= 0.3 is 0 Å². The van der Waals surface area contributed by atoms with Crippen LogP contribution in [0.3, 0.4) is 0 Å². The minimum atomic E-state index is 0.128. The van der Waals surface area contributed by atoms with Gasteiger partial charge in [0.2, 0.25) is 0 Å². The van der Waals surface area contributed by atoms with E-state index in [9.17, 15) is 0 Å². The summed E-state index contributed by atoms with van der Waals surface area (Å²) >= 11 is 1.80. The van der Waals surface area contributed by atoms with Crippen LogP contribution < -0.4 is 10.2 Å². The zero-order valence-electron chi connectivity index (χ0n) is 14.6. The van der Waals surface area contributed by atoms with E-state index in [-0.39, 0.29) is 5.54 Å². The van der Waals surface area contributed by atoms with Gasteiger partial charge in [-0.25, -0.2) is 4.98 Å². The molecule has 1 unspecified atom stereocenters. The third kappa shape index (κ3) is 5.93. The van der Waals surface area contributed by atoms with E-state index in [0.717, 1.165) is 31.1 Å². The summed E-state index contributed by atoms with van der Waals surface area (Å²) < 4.78 is 5.25. The van der Waals surface area contributed by atoms with E-state index in [1.54, 1.807) is 18.4 Å². The molecule has 122 valence electrons. The Morgan fingerprint density at radius 2 is 2.05 bits per heavy atom. The second-order valence-corrected chi connectivity index (χ2v) is 7.70. The van der Waals surface area contributed by atoms with Crippen molar-refractivity contribution in [3.8, 4) is 0 Å². The van der Waals surface area contributed by atoms with Crippen molar-refractivity contribution in [1.29, 1.82) is 0 Å². The van der Waals surface area contributed by atoms with Gasteiger partial charge in [-0.2, -0.15) is 0 Å². The number of rotatable bonds is 8. The van der Waals surface area contributed by atoms with E-state index in [1.165, 1.54) is 10.6 Å². The van der Waals surface area contributed by atoms with Crippen molar-refractivity contribution in [3.63, 3.8) is 0 Å². The van der Waals surface area contributed by atoms with Crippen LogP contribution >= 0.6 is 11.3 Å². The molecule has 0 aromatic carbocycles. The average Bonchev–Trinajstić information content (AvgIpc) is 2.78. The van der Waals surface area contributed by atoms with E-state index in [0.29, 0.717) is 6.04 Å². The quantitative estimate of drug-likeness (QED) is 0.797. The topological polar surface area (TPSA) is 37.4 Å². The number of methoxy groups -OCH3 is 1. The fraction of sp³-hybridized carbons (Fsp3) is 0.812. The smallest absolute Gasteiger partial charge is 0.185 e. The minimum Gasteiger partial charge on any atom is -0.383 e. The summed E-state index contributed by atoms with van der Waals surface area (Å²) in [6.45, 7) is 12.6. The fourth-order valence-electron chi connectivity index (χ4n) is 1.98. The molecule has 0 saturated heterocycles. The second kappa shape index (κ2) is 8.11. The van der Waals surface area contributed by atoms with Crippen LogP contribution in [0.2, 0.25) is 0 Å². The number of hydrogen-bond donors (Lipinski definition) is 1. The summed E-state index contributed by atoms with van der Waals surface area (Å²) in [5.41, 5.74) is 1.37. The molecule has 0 fully saturated rings. The van der Waals surface area contributed by atoms with Crippen molar-refractivity contribution in [2.75, 3.05) is 25.7 Å². The predicted octanol–water partition coefficient (Wildman–Crippen LogP) is 3.45. The van der Waals surface area contributed by atoms with E-state index < -0.39 is 0 Å². The lowest BCUT2D eigenvalue weighted by Gasteiger charge is -2.23. The largest absolute Gasteiger partial charge is 0.383 e. The lowest BCUT2D eigenvalue weighted by Crippen LogP contribution is -2.35. The first-order valence-corrected chi connectivity index (χ1v) is 8.55. The number of thiazole rings is 1. The molecule has 4 nitrogen and oxygen atoms in total. The molecule has 0 amide bonds. The zero-order chi connectivity index (χ0) is 16.0. The molecule has 0 aliphatic heterocycles. The normalized spacial score (nSPS) is 13.5. The Labute approximate surface area is 133 Å². The Morgan fingerprint density at radius 1 is 1.38 bits per heavy atom. The van der Waals surface area contributed by atoms with Crippen molar-refractivity contribution in [3.05, 3.63) is 10.6 Å². The van der Waals surface area contributed by atoms with Gasteiger partial charge in [-0.05, 0) is 34.1 Å². The van der Waals surface area contributed by atoms with Crippen LogP contribution in [0.4, 0.5) is 5.13 Å². The molecule has 1 rings (SSSR count). The Kier molecular flexibility index (Phi) is 7.10. The molecule has 0 bridgehead atoms. The standard InChI is InChI=1S/C16H31N3OS/c1-8-9-13-14(10-17-16(3,4)5)21-15(18-13)19(6)12(2)11-20-7/h12,17H,8-11H2,1-7H3. The third-order valence-corrected chi connectivity index (χ3v) is 4.59. The van der Waals surface area contributed by atoms with Crippen molar-refractivity contribution >= 4 is 16.5 Å². The van der Waals surface area contributed by atoms with Crippen molar-refractivity contribution < 1.29 is 4.74 Å². The molecule has 21 heavy (non-hydrogen) atoms. The predicted molar refractivity (Wildman–Crippen MR) is 92.4 cm³/mol. The Hall–Kier alpha value is -0.650. The van der Waals surface area contributed by atoms with Gasteiger partial charge in [0, 0.05) is 31.1 Å². The summed E-state index contributed by atoms with van der Waals surface area (Å²) in [5, 5.41) is 4.66. The molecule has 0 radical (unpaired) electrons. The van der Waals surface area contributed by atoms with Crippen molar-refractivity contribution in [2.24, 2.45) is 0 Å². The molecule has 5 heteroatoms. The molecule has 1 heterocycles. The number of nitrogens with zero attached hydrogens (tertiary/aromatic N) is 2. The SMILES string of the molecule is CCCc1nc(N(C)C(C)COC)sc1CNC(C)(C)C. The molecule has 1 N–H and O–H groups in total. The molecule has 0 aliphatic rings. The van der Waals surface area contributed by atoms with Crippen LogP contribution in [-0.2, 0) is 17.7 Å². The van der Waals surface area contributed by atoms with E-state index >= 15 is 0 Å². The first kappa shape index (κ1) is 18.4. The van der Waals surface area contributed by atoms with Crippen LogP contribution in [-0.4, -0.2) is 37.3 Å². The minimum absolute atomic E-state index is 0.128. The molecule has 0 spiro atoms. The number of aryl methyl sites for hydroxylation is 1. The third-order valence-electron chi connectivity index (χ3n) is 3.40. The van der Waals surface area contributed by atoms with Crippen LogP contribution in [0, 0.1) is 0 Å². The molecule has 1 aromatic heterocycles. The second-order valence-electron chi connectivity index (χ2n) is 6.64. The Bertz CT molecular complexity index is 426. The lowest BCUT2D eigenvalue weighted by atomic mass is 10.1. The summed E-state index contributed by atoms with van der Waals surface area (Å²) in [6.07, 6.45) is 2.17. The van der Waals surface area contributed by atoms with Crippen LogP contribution in [0.1, 0.15) is 51.6 Å². The van der Waals surface area contributed by atoms with E-state index in [4.69, 9.17) is 9.72 Å². The van der Waals surface area contributed by atoms with Gasteiger partial charge in [0.15, 0.2) is 5.13 Å². The van der Waals surface area contributed by atoms with Crippen molar-refractivity contribution in [2.45, 2.75) is 65.6 Å². The molecule has 1 aromatic rings. The van der Waals surface area contributed by atoms with Crippen molar-refractivity contribution in [1.82, 2.24) is 10.3 Å². The monoisotopic (exact) mass is 313 g/mol. The molecule has 1 atom stereocenters. The Morgan fingerprint density at radius 3 is 2.57 bits per heavy atom. The number of nitrogens with one attached hydrogen (secondary N) is 1. The molecular formula is C16H31N3OS. The highest BCUT2D eigenvalue weighted by molar-refractivity contribution is 7.15. The average molecular weight is 314 g/mol. The fourth-order valence-corrected chi connectivity index (χ4v) is 3.09. The van der Waals surface area contributed by atoms with Gasteiger partial charge in [-0.1, -0.05) is 13.3 Å². The van der Waals surface area contributed by atoms with Crippen LogP contribution in [0.5, 0.6) is 0 Å². The summed E-state index contributed by atoms with van der Waals surface area (Å²) in [5.74, 6) is 0. The van der Waals surface area contributed by atoms with E-state index in [2.05, 4.69) is 51.9 Å². The van der Waals surface area contributed by atoms with Gasteiger partial charge in [0.1, 0.15) is 0 Å². The van der Waals surface area contributed by atoms with Gasteiger partial charge in [-0.3, -0.25) is 0 Å². The first-order chi connectivity index (χ1) is 9.78. The van der Waals surface area contributed by atoms with E-state index in [1.807, 2.05) is 0 Å². The number of likely N-dealkylation sites (N-methyl/N-ethyl adjacent to an activating group) is 1. The molecule has 0 aliphatic carbocycles. The summed E-state index contributed by atoms with van der Waals surface area (Å²) in [7, 11) is 3.84. The van der Waals surface area contributed by atoms with Gasteiger partial charge in [-0.15, -0.1) is 11.3 Å². The summed E-state index contributed by atoms with van der Waals surface area (Å²) in [6, 6.07) is 0.332. The Balaban J connectivity index is 2.87. The molecular weight excluding hydrogens is 282 g/mol. The number of ether oxygens (including phenoxy) is 1.